The van der Waals surface area contributed by atoms with Crippen molar-refractivity contribution in [2.75, 3.05) is 11.5 Å². The van der Waals surface area contributed by atoms with Crippen LogP contribution in [0.1, 0.15) is 116 Å². The van der Waals surface area contributed by atoms with Crippen molar-refractivity contribution in [1.82, 2.24) is 0 Å². The molecule has 38 heavy (non-hydrogen) atoms. The molecule has 0 spiro atoms. The normalized spacial score (nSPS) is 37.1. The third kappa shape index (κ3) is 4.79. The number of carbonyl (C=O) groups excluding carboxylic acids is 1. The molecule has 4 nitrogen and oxygen atoms in total. The first-order valence-electron chi connectivity index (χ1n) is 15.6. The van der Waals surface area contributed by atoms with Crippen LogP contribution in [0, 0.1) is 52.3 Å². The maximum Gasteiger partial charge on any atom is 0.343 e. The summed E-state index contributed by atoms with van der Waals surface area (Å²) in [6.45, 7) is 12.3. The highest BCUT2D eigenvalue weighted by molar-refractivity contribution is 5.92. The summed E-state index contributed by atoms with van der Waals surface area (Å²) in [7, 11) is 0. The van der Waals surface area contributed by atoms with Gasteiger partial charge in [-0.25, -0.2) is 4.79 Å². The predicted octanol–water partition coefficient (Wildman–Crippen LogP) is 8.62. The fourth-order valence-corrected chi connectivity index (χ4v) is 10.0. The van der Waals surface area contributed by atoms with Gasteiger partial charge in [-0.2, -0.15) is 0 Å². The molecule has 3 fully saturated rings. The van der Waals surface area contributed by atoms with Gasteiger partial charge in [-0.1, -0.05) is 53.9 Å². The van der Waals surface area contributed by atoms with E-state index in [0.29, 0.717) is 34.2 Å². The minimum absolute atomic E-state index is 0.0645. The molecule has 4 aliphatic carbocycles. The van der Waals surface area contributed by atoms with E-state index in [1.165, 1.54) is 64.2 Å². The minimum atomic E-state index is -0.323. The van der Waals surface area contributed by atoms with E-state index in [1.54, 1.807) is 18.2 Å². The second kappa shape index (κ2) is 10.5. The molecule has 0 bridgehead atoms. The number of nitrogens with two attached hydrogens (primary N) is 2. The highest BCUT2D eigenvalue weighted by Crippen LogP contribution is 2.68. The lowest BCUT2D eigenvalue weighted by molar-refractivity contribution is -0.104. The van der Waals surface area contributed by atoms with Crippen molar-refractivity contribution in [2.24, 2.45) is 52.3 Å². The van der Waals surface area contributed by atoms with Crippen molar-refractivity contribution < 1.29 is 9.53 Å². The van der Waals surface area contributed by atoms with E-state index in [9.17, 15) is 4.79 Å². The zero-order valence-corrected chi connectivity index (χ0v) is 24.6. The Morgan fingerprint density at radius 2 is 1.68 bits per heavy atom. The first-order chi connectivity index (χ1) is 18.0. The Bertz CT molecular complexity index is 1040. The summed E-state index contributed by atoms with van der Waals surface area (Å²) >= 11 is 0. The number of anilines is 2. The molecule has 8 atom stereocenters. The minimum Gasteiger partial charge on any atom is -0.427 e. The number of benzene rings is 1. The fraction of sp³-hybridized carbons (Fsp3) is 0.735. The molecule has 210 valence electrons. The smallest absolute Gasteiger partial charge is 0.343 e. The Balaban J connectivity index is 1.35. The van der Waals surface area contributed by atoms with Gasteiger partial charge in [0.25, 0.3) is 0 Å². The monoisotopic (exact) mass is 520 g/mol. The van der Waals surface area contributed by atoms with Crippen molar-refractivity contribution in [1.29, 1.82) is 0 Å². The molecule has 1 aromatic rings. The molecule has 0 aromatic heterocycles. The lowest BCUT2D eigenvalue weighted by atomic mass is 9.45. The van der Waals surface area contributed by atoms with Crippen LogP contribution in [0.25, 0.3) is 0 Å². The van der Waals surface area contributed by atoms with Gasteiger partial charge in [-0.15, -0.1) is 0 Å². The zero-order valence-electron chi connectivity index (χ0n) is 24.6. The standard InChI is InChI=1S/C34H52N2O2/c1-21(2)8-6-9-22(3)28-14-15-29-27-13-12-24-10-7-11-31(34(24,5)30(27)16-17-33(28,29)4)38-32(37)23-18-25(35)20-26(36)19-23/h11,18-22,24,27-30H,6-10,12-17,35-36H2,1-5H3/t22-,24?,27+,28-,29+,30+,33-,34+/m1/s1. The molecule has 3 saturated carbocycles. The first-order valence-corrected chi connectivity index (χ1v) is 15.6. The highest BCUT2D eigenvalue weighted by atomic mass is 16.5. The number of hydrogen-bond acceptors (Lipinski definition) is 4. The fourth-order valence-electron chi connectivity index (χ4n) is 10.0. The molecular formula is C34H52N2O2. The molecule has 5 rings (SSSR count). The van der Waals surface area contributed by atoms with Gasteiger partial charge >= 0.3 is 5.97 Å². The SMILES string of the molecule is CC(C)CCC[C@@H](C)[C@H]1CC[C@H]2[C@@H]3CCC4CCC=C(OC(=O)c5cc(N)cc(N)c5)[C@]4(C)[C@H]3CC[C@]12C. The van der Waals surface area contributed by atoms with Crippen LogP contribution in [-0.4, -0.2) is 5.97 Å². The molecule has 1 aromatic carbocycles. The average Bonchev–Trinajstić information content (AvgIpc) is 3.21. The molecular weight excluding hydrogens is 468 g/mol. The van der Waals surface area contributed by atoms with Gasteiger partial charge in [-0.05, 0) is 122 Å². The molecule has 0 saturated heterocycles. The van der Waals surface area contributed by atoms with E-state index in [4.69, 9.17) is 16.2 Å². The molecule has 4 heteroatoms. The first kappa shape index (κ1) is 27.6. The molecule has 0 amide bonds. The van der Waals surface area contributed by atoms with Crippen LogP contribution in [0.4, 0.5) is 11.4 Å². The molecule has 0 aliphatic heterocycles. The summed E-state index contributed by atoms with van der Waals surface area (Å²) in [6, 6.07) is 5.04. The highest BCUT2D eigenvalue weighted by Gasteiger charge is 2.61. The predicted molar refractivity (Wildman–Crippen MR) is 157 cm³/mol. The van der Waals surface area contributed by atoms with Crippen LogP contribution < -0.4 is 11.5 Å². The molecule has 0 radical (unpaired) electrons. The second-order valence-corrected chi connectivity index (χ2v) is 14.4. The number of ether oxygens (including phenoxy) is 1. The number of rotatable bonds is 7. The number of carbonyl (C=O) groups is 1. The van der Waals surface area contributed by atoms with Gasteiger partial charge in [0, 0.05) is 16.8 Å². The lowest BCUT2D eigenvalue weighted by Gasteiger charge is -2.60. The zero-order chi connectivity index (χ0) is 27.2. The lowest BCUT2D eigenvalue weighted by Crippen LogP contribution is -2.54. The third-order valence-corrected chi connectivity index (χ3v) is 11.9. The molecule has 1 unspecified atom stereocenters. The third-order valence-electron chi connectivity index (χ3n) is 11.9. The van der Waals surface area contributed by atoms with Gasteiger partial charge < -0.3 is 16.2 Å². The van der Waals surface area contributed by atoms with Crippen molar-refractivity contribution >= 4 is 17.3 Å². The van der Waals surface area contributed by atoms with Gasteiger partial charge in [0.05, 0.1) is 5.56 Å². The molecule has 4 aliphatic rings. The Morgan fingerprint density at radius 1 is 0.947 bits per heavy atom. The number of hydrogen-bond donors (Lipinski definition) is 2. The van der Waals surface area contributed by atoms with E-state index in [2.05, 4.69) is 40.7 Å². The van der Waals surface area contributed by atoms with Crippen molar-refractivity contribution in [3.63, 3.8) is 0 Å². The number of nitrogen functional groups attached to an aromatic ring is 2. The quantitative estimate of drug-likeness (QED) is 0.279. The van der Waals surface area contributed by atoms with E-state index < -0.39 is 0 Å². The topological polar surface area (TPSA) is 78.3 Å². The second-order valence-electron chi connectivity index (χ2n) is 14.4. The van der Waals surface area contributed by atoms with Crippen LogP contribution in [0.15, 0.2) is 30.0 Å². The van der Waals surface area contributed by atoms with E-state index in [-0.39, 0.29) is 11.4 Å². The number of fused-ring (bicyclic) bond motifs is 5. The summed E-state index contributed by atoms with van der Waals surface area (Å²) in [5.74, 6) is 5.84. The van der Waals surface area contributed by atoms with E-state index >= 15 is 0 Å². The maximum atomic E-state index is 13.3. The van der Waals surface area contributed by atoms with E-state index in [0.717, 1.165) is 41.8 Å². The Morgan fingerprint density at radius 3 is 2.39 bits per heavy atom. The van der Waals surface area contributed by atoms with Crippen molar-refractivity contribution in [2.45, 2.75) is 105 Å². The molecule has 0 heterocycles. The van der Waals surface area contributed by atoms with Gasteiger partial charge in [0.1, 0.15) is 5.76 Å². The van der Waals surface area contributed by atoms with Gasteiger partial charge in [0.2, 0.25) is 0 Å². The van der Waals surface area contributed by atoms with Crippen LogP contribution in [0.2, 0.25) is 0 Å². The average molecular weight is 521 g/mol. The van der Waals surface area contributed by atoms with E-state index in [1.807, 2.05) is 0 Å². The van der Waals surface area contributed by atoms with Crippen LogP contribution in [-0.2, 0) is 4.74 Å². The summed E-state index contributed by atoms with van der Waals surface area (Å²) < 4.78 is 6.28. The summed E-state index contributed by atoms with van der Waals surface area (Å²) in [4.78, 5) is 13.3. The number of esters is 1. The Hall–Kier alpha value is -1.97. The Labute approximate surface area is 231 Å². The van der Waals surface area contributed by atoms with Crippen molar-refractivity contribution in [3.8, 4) is 0 Å². The Kier molecular flexibility index (Phi) is 7.66. The molecule has 4 N–H and O–H groups in total. The van der Waals surface area contributed by atoms with Crippen LogP contribution in [0.3, 0.4) is 0 Å². The van der Waals surface area contributed by atoms with Crippen LogP contribution in [0.5, 0.6) is 0 Å². The maximum absolute atomic E-state index is 13.3. The summed E-state index contributed by atoms with van der Waals surface area (Å²) in [5.41, 5.74) is 13.8. The summed E-state index contributed by atoms with van der Waals surface area (Å²) in [5, 5.41) is 0. The summed E-state index contributed by atoms with van der Waals surface area (Å²) in [6.07, 6.45) is 16.6. The van der Waals surface area contributed by atoms with Crippen molar-refractivity contribution in [3.05, 3.63) is 35.6 Å². The van der Waals surface area contributed by atoms with Gasteiger partial charge in [0.15, 0.2) is 0 Å². The van der Waals surface area contributed by atoms with Gasteiger partial charge in [-0.3, -0.25) is 0 Å². The number of allylic oxidation sites excluding steroid dienone is 2. The largest absolute Gasteiger partial charge is 0.427 e. The van der Waals surface area contributed by atoms with Crippen LogP contribution >= 0.6 is 0 Å².